The lowest BCUT2D eigenvalue weighted by molar-refractivity contribution is -0.119. The average molecular weight is 315 g/mol. The van der Waals surface area contributed by atoms with Gasteiger partial charge in [0, 0.05) is 22.6 Å². The topological polar surface area (TPSA) is 64.7 Å². The molecule has 0 saturated heterocycles. The van der Waals surface area contributed by atoms with Crippen LogP contribution < -0.4 is 10.5 Å². The van der Waals surface area contributed by atoms with E-state index in [9.17, 15) is 4.79 Å². The van der Waals surface area contributed by atoms with Crippen LogP contribution >= 0.6 is 11.6 Å². The standard InChI is InChI=1S/C17H15ClN2O2/c1-22-13-7-4-11-8-15(21)17(19)20-16(14(11)9-13)10-2-5-12(18)6-3-10/h2-7,9,17H,8,19H2,1H3. The number of ketones is 1. The van der Waals surface area contributed by atoms with Crippen LogP contribution in [0.2, 0.25) is 5.02 Å². The van der Waals surface area contributed by atoms with E-state index in [1.54, 1.807) is 19.2 Å². The van der Waals surface area contributed by atoms with Crippen molar-refractivity contribution in [2.75, 3.05) is 7.11 Å². The largest absolute Gasteiger partial charge is 0.497 e. The van der Waals surface area contributed by atoms with Gasteiger partial charge in [0.15, 0.2) is 11.9 Å². The van der Waals surface area contributed by atoms with Gasteiger partial charge in [-0.25, -0.2) is 0 Å². The monoisotopic (exact) mass is 314 g/mol. The van der Waals surface area contributed by atoms with Crippen LogP contribution in [0.15, 0.2) is 47.5 Å². The summed E-state index contributed by atoms with van der Waals surface area (Å²) in [6.45, 7) is 0. The highest BCUT2D eigenvalue weighted by Gasteiger charge is 2.23. The number of carbonyl (C=O) groups is 1. The Labute approximate surface area is 133 Å². The molecule has 112 valence electrons. The minimum absolute atomic E-state index is 0.101. The lowest BCUT2D eigenvalue weighted by atomic mass is 9.95. The number of carbonyl (C=O) groups excluding carboxylic acids is 1. The van der Waals surface area contributed by atoms with Crippen LogP contribution in [0.1, 0.15) is 16.7 Å². The third kappa shape index (κ3) is 2.75. The van der Waals surface area contributed by atoms with Crippen LogP contribution in [-0.2, 0) is 11.2 Å². The zero-order valence-corrected chi connectivity index (χ0v) is 12.8. The highest BCUT2D eigenvalue weighted by atomic mass is 35.5. The van der Waals surface area contributed by atoms with Gasteiger partial charge in [0.25, 0.3) is 0 Å². The van der Waals surface area contributed by atoms with E-state index in [1.807, 2.05) is 30.3 Å². The normalized spacial score (nSPS) is 17.5. The molecule has 22 heavy (non-hydrogen) atoms. The highest BCUT2D eigenvalue weighted by Crippen LogP contribution is 2.25. The maximum Gasteiger partial charge on any atom is 0.175 e. The molecule has 1 aliphatic rings. The first-order chi connectivity index (χ1) is 10.6. The second kappa shape index (κ2) is 5.91. The minimum atomic E-state index is -0.857. The second-order valence-corrected chi connectivity index (χ2v) is 5.53. The molecule has 1 aliphatic heterocycles. The lowest BCUT2D eigenvalue weighted by Gasteiger charge is -2.11. The SMILES string of the molecule is COc1ccc2c(c1)C(c1ccc(Cl)cc1)=NC(N)C(=O)C2. The molecule has 0 spiro atoms. The van der Waals surface area contributed by atoms with Crippen LogP contribution in [0.5, 0.6) is 5.75 Å². The first-order valence-corrected chi connectivity index (χ1v) is 7.25. The lowest BCUT2D eigenvalue weighted by Crippen LogP contribution is -2.29. The number of nitrogens with two attached hydrogens (primary N) is 1. The van der Waals surface area contributed by atoms with Crippen LogP contribution in [0.3, 0.4) is 0 Å². The van der Waals surface area contributed by atoms with Crippen molar-refractivity contribution < 1.29 is 9.53 Å². The molecule has 0 bridgehead atoms. The summed E-state index contributed by atoms with van der Waals surface area (Å²) in [5, 5.41) is 0.643. The Morgan fingerprint density at radius 3 is 2.64 bits per heavy atom. The first kappa shape index (κ1) is 14.8. The van der Waals surface area contributed by atoms with E-state index in [4.69, 9.17) is 22.1 Å². The number of halogens is 1. The van der Waals surface area contributed by atoms with Crippen LogP contribution in [0.25, 0.3) is 0 Å². The molecule has 2 aromatic carbocycles. The Balaban J connectivity index is 2.20. The fourth-order valence-electron chi connectivity index (χ4n) is 2.47. The van der Waals surface area contributed by atoms with Gasteiger partial charge in [0.05, 0.1) is 12.8 Å². The summed E-state index contributed by atoms with van der Waals surface area (Å²) >= 11 is 5.94. The molecule has 2 aromatic rings. The van der Waals surface area contributed by atoms with Crippen molar-refractivity contribution in [1.82, 2.24) is 0 Å². The molecule has 3 rings (SSSR count). The average Bonchev–Trinajstić information content (AvgIpc) is 2.65. The van der Waals surface area contributed by atoms with E-state index in [-0.39, 0.29) is 12.2 Å². The van der Waals surface area contributed by atoms with Crippen LogP contribution in [0.4, 0.5) is 0 Å². The number of Topliss-reactive ketones (excluding diaryl/α,β-unsaturated/α-hetero) is 1. The summed E-state index contributed by atoms with van der Waals surface area (Å²) in [6, 6.07) is 12.9. The Morgan fingerprint density at radius 2 is 1.95 bits per heavy atom. The molecule has 0 amide bonds. The molecular weight excluding hydrogens is 300 g/mol. The van der Waals surface area contributed by atoms with Gasteiger partial charge in [0.1, 0.15) is 5.75 Å². The summed E-state index contributed by atoms with van der Waals surface area (Å²) in [7, 11) is 1.61. The van der Waals surface area contributed by atoms with E-state index < -0.39 is 6.17 Å². The molecular formula is C17H15ClN2O2. The summed E-state index contributed by atoms with van der Waals surface area (Å²) in [4.78, 5) is 16.5. The number of ether oxygens (including phenoxy) is 1. The Morgan fingerprint density at radius 1 is 1.23 bits per heavy atom. The maximum atomic E-state index is 12.1. The Hall–Kier alpha value is -2.17. The van der Waals surface area contributed by atoms with Gasteiger partial charge in [-0.15, -0.1) is 0 Å². The van der Waals surface area contributed by atoms with Crippen molar-refractivity contribution in [2.45, 2.75) is 12.6 Å². The van der Waals surface area contributed by atoms with Gasteiger partial charge in [-0.2, -0.15) is 0 Å². The highest BCUT2D eigenvalue weighted by molar-refractivity contribution is 6.30. The molecule has 5 heteroatoms. The number of rotatable bonds is 2. The molecule has 1 atom stereocenters. The molecule has 1 heterocycles. The van der Waals surface area contributed by atoms with Crippen molar-refractivity contribution in [2.24, 2.45) is 10.7 Å². The molecule has 0 aliphatic carbocycles. The second-order valence-electron chi connectivity index (χ2n) is 5.10. The number of benzene rings is 2. The zero-order chi connectivity index (χ0) is 15.7. The van der Waals surface area contributed by atoms with Gasteiger partial charge < -0.3 is 10.5 Å². The van der Waals surface area contributed by atoms with Crippen LogP contribution in [0, 0.1) is 0 Å². The number of aliphatic imine (C=N–C) groups is 1. The maximum absolute atomic E-state index is 12.1. The third-order valence-corrected chi connectivity index (χ3v) is 3.90. The fraction of sp³-hybridized carbons (Fsp3) is 0.176. The number of hydrogen-bond donors (Lipinski definition) is 1. The van der Waals surface area contributed by atoms with E-state index >= 15 is 0 Å². The van der Waals surface area contributed by atoms with Gasteiger partial charge in [-0.3, -0.25) is 9.79 Å². The number of methoxy groups -OCH3 is 1. The summed E-state index contributed by atoms with van der Waals surface area (Å²) in [6.07, 6.45) is -0.592. The molecule has 1 unspecified atom stereocenters. The predicted molar refractivity (Wildman–Crippen MR) is 86.8 cm³/mol. The summed E-state index contributed by atoms with van der Waals surface area (Å²) < 4.78 is 5.29. The molecule has 0 aromatic heterocycles. The van der Waals surface area contributed by atoms with Crippen molar-refractivity contribution in [1.29, 1.82) is 0 Å². The van der Waals surface area contributed by atoms with E-state index in [0.717, 1.165) is 16.7 Å². The van der Waals surface area contributed by atoms with Crippen molar-refractivity contribution in [3.8, 4) is 5.75 Å². The number of hydrogen-bond acceptors (Lipinski definition) is 4. The predicted octanol–water partition coefficient (Wildman–Crippen LogP) is 2.60. The van der Waals surface area contributed by atoms with Crippen molar-refractivity contribution in [3.05, 3.63) is 64.2 Å². The number of fused-ring (bicyclic) bond motifs is 1. The molecule has 0 fully saturated rings. The summed E-state index contributed by atoms with van der Waals surface area (Å²) in [5.74, 6) is 0.610. The van der Waals surface area contributed by atoms with Gasteiger partial charge in [0.2, 0.25) is 0 Å². The van der Waals surface area contributed by atoms with Gasteiger partial charge in [-0.05, 0) is 29.8 Å². The van der Waals surface area contributed by atoms with E-state index in [2.05, 4.69) is 4.99 Å². The molecule has 2 N–H and O–H groups in total. The van der Waals surface area contributed by atoms with Crippen molar-refractivity contribution >= 4 is 23.1 Å². The first-order valence-electron chi connectivity index (χ1n) is 6.88. The zero-order valence-electron chi connectivity index (χ0n) is 12.0. The molecule has 0 radical (unpaired) electrons. The molecule has 4 nitrogen and oxygen atoms in total. The number of nitrogens with zero attached hydrogens (tertiary/aromatic N) is 1. The van der Waals surface area contributed by atoms with Crippen molar-refractivity contribution in [3.63, 3.8) is 0 Å². The smallest absolute Gasteiger partial charge is 0.175 e. The third-order valence-electron chi connectivity index (χ3n) is 3.65. The minimum Gasteiger partial charge on any atom is -0.497 e. The fourth-order valence-corrected chi connectivity index (χ4v) is 2.59. The van der Waals surface area contributed by atoms with Gasteiger partial charge in [-0.1, -0.05) is 29.8 Å². The quantitative estimate of drug-likeness (QED) is 0.926. The van der Waals surface area contributed by atoms with E-state index in [0.29, 0.717) is 16.5 Å². The molecule has 0 saturated carbocycles. The Kier molecular flexibility index (Phi) is 3.96. The summed E-state index contributed by atoms with van der Waals surface area (Å²) in [5.41, 5.74) is 9.20. The van der Waals surface area contributed by atoms with E-state index in [1.165, 1.54) is 0 Å². The van der Waals surface area contributed by atoms with Crippen LogP contribution in [-0.4, -0.2) is 24.8 Å². The Bertz CT molecular complexity index is 754. The van der Waals surface area contributed by atoms with Gasteiger partial charge >= 0.3 is 0 Å².